The molecular weight excluding hydrogens is 300 g/mol. The number of aliphatic imine (C=N–C) groups is 1. The van der Waals surface area contributed by atoms with Gasteiger partial charge in [0.25, 0.3) is 0 Å². The molecule has 1 aliphatic carbocycles. The maximum absolute atomic E-state index is 11.7. The summed E-state index contributed by atoms with van der Waals surface area (Å²) in [6.07, 6.45) is 5.62. The van der Waals surface area contributed by atoms with Gasteiger partial charge in [-0.2, -0.15) is 11.8 Å². The molecule has 0 spiro atoms. The van der Waals surface area contributed by atoms with Crippen molar-refractivity contribution in [3.63, 3.8) is 0 Å². The van der Waals surface area contributed by atoms with Crippen molar-refractivity contribution in [2.45, 2.75) is 19.3 Å². The lowest BCUT2D eigenvalue weighted by Crippen LogP contribution is -2.42. The van der Waals surface area contributed by atoms with E-state index in [0.717, 1.165) is 37.8 Å². The van der Waals surface area contributed by atoms with E-state index in [0.29, 0.717) is 5.41 Å². The molecule has 1 rings (SSSR count). The number of hydrogen-bond acceptors (Lipinski definition) is 4. The van der Waals surface area contributed by atoms with Crippen LogP contribution in [-0.2, 0) is 9.53 Å². The molecule has 0 heterocycles. The van der Waals surface area contributed by atoms with Gasteiger partial charge in [0.2, 0.25) is 5.91 Å². The summed E-state index contributed by atoms with van der Waals surface area (Å²) in [6.45, 7) is 2.70. The van der Waals surface area contributed by atoms with Crippen molar-refractivity contribution < 1.29 is 9.53 Å². The predicted octanol–water partition coefficient (Wildman–Crippen LogP) is 0.790. The highest BCUT2D eigenvalue weighted by Crippen LogP contribution is 2.48. The van der Waals surface area contributed by atoms with Gasteiger partial charge in [-0.05, 0) is 30.9 Å². The number of ether oxygens (including phenoxy) is 1. The summed E-state index contributed by atoms with van der Waals surface area (Å²) in [4.78, 5) is 17.6. The Kier molecular flexibility index (Phi) is 8.63. The highest BCUT2D eigenvalue weighted by molar-refractivity contribution is 7.98. The molecule has 0 aromatic rings. The minimum absolute atomic E-state index is 0.00600. The summed E-state index contributed by atoms with van der Waals surface area (Å²) >= 11 is 1.78. The summed E-state index contributed by atoms with van der Waals surface area (Å²) < 4.78 is 5.18. The number of likely N-dealkylation sites (N-methyl/N-ethyl adjacent to an activating group) is 1. The molecule has 6 nitrogen and oxygen atoms in total. The molecule has 0 saturated heterocycles. The Hall–Kier alpha value is -0.950. The second kappa shape index (κ2) is 9.94. The van der Waals surface area contributed by atoms with Gasteiger partial charge >= 0.3 is 0 Å². The monoisotopic (exact) mass is 330 g/mol. The third kappa shape index (κ3) is 7.35. The zero-order chi connectivity index (χ0) is 16.4. The van der Waals surface area contributed by atoms with E-state index in [1.807, 2.05) is 0 Å². The van der Waals surface area contributed by atoms with Gasteiger partial charge in [-0.1, -0.05) is 0 Å². The maximum atomic E-state index is 11.7. The topological polar surface area (TPSA) is 66.0 Å². The second-order valence-corrected chi connectivity index (χ2v) is 6.95. The lowest BCUT2D eigenvalue weighted by molar-refractivity contribution is -0.127. The first-order chi connectivity index (χ1) is 10.5. The molecule has 0 aromatic heterocycles. The van der Waals surface area contributed by atoms with Crippen LogP contribution < -0.4 is 10.6 Å². The fraction of sp³-hybridized carbons (Fsp3) is 0.867. The number of rotatable bonds is 10. The molecule has 1 saturated carbocycles. The van der Waals surface area contributed by atoms with E-state index in [1.165, 1.54) is 12.8 Å². The minimum atomic E-state index is 0.00600. The van der Waals surface area contributed by atoms with Crippen molar-refractivity contribution in [2.75, 3.05) is 59.5 Å². The molecule has 22 heavy (non-hydrogen) atoms. The molecule has 1 amide bonds. The number of amides is 1. The zero-order valence-electron chi connectivity index (χ0n) is 14.3. The third-order valence-electron chi connectivity index (χ3n) is 3.89. The first-order valence-corrected chi connectivity index (χ1v) is 9.12. The van der Waals surface area contributed by atoms with Crippen LogP contribution >= 0.6 is 11.8 Å². The Bertz CT molecular complexity index is 371. The Labute approximate surface area is 138 Å². The van der Waals surface area contributed by atoms with E-state index in [1.54, 1.807) is 37.9 Å². The lowest BCUT2D eigenvalue weighted by Gasteiger charge is -2.18. The Morgan fingerprint density at radius 3 is 2.64 bits per heavy atom. The molecular formula is C15H30N4O2S. The summed E-state index contributed by atoms with van der Waals surface area (Å²) in [6, 6.07) is 0. The van der Waals surface area contributed by atoms with Crippen LogP contribution in [0.4, 0.5) is 0 Å². The smallest absolute Gasteiger partial charge is 0.243 e. The van der Waals surface area contributed by atoms with E-state index in [4.69, 9.17) is 4.74 Å². The van der Waals surface area contributed by atoms with Crippen LogP contribution in [0.25, 0.3) is 0 Å². The van der Waals surface area contributed by atoms with Gasteiger partial charge in [0.1, 0.15) is 6.54 Å². The number of guanidine groups is 1. The van der Waals surface area contributed by atoms with Crippen molar-refractivity contribution in [2.24, 2.45) is 10.4 Å². The molecule has 128 valence electrons. The van der Waals surface area contributed by atoms with E-state index in [2.05, 4.69) is 21.9 Å². The third-order valence-corrected chi connectivity index (χ3v) is 4.51. The summed E-state index contributed by atoms with van der Waals surface area (Å²) in [5, 5.41) is 6.68. The van der Waals surface area contributed by atoms with E-state index in [9.17, 15) is 4.79 Å². The van der Waals surface area contributed by atoms with Crippen LogP contribution in [0, 0.1) is 5.41 Å². The van der Waals surface area contributed by atoms with Crippen LogP contribution in [0.15, 0.2) is 4.99 Å². The van der Waals surface area contributed by atoms with Crippen LogP contribution in [0.1, 0.15) is 19.3 Å². The van der Waals surface area contributed by atoms with Gasteiger partial charge in [0.15, 0.2) is 5.96 Å². The summed E-state index contributed by atoms with van der Waals surface area (Å²) in [7, 11) is 5.24. The molecule has 0 aliphatic heterocycles. The Morgan fingerprint density at radius 1 is 1.36 bits per heavy atom. The molecule has 1 aliphatic rings. The molecule has 2 N–H and O–H groups in total. The average molecular weight is 330 g/mol. The number of thioether (sulfide) groups is 1. The summed E-state index contributed by atoms with van der Waals surface area (Å²) in [5.41, 5.74) is 0.351. The maximum Gasteiger partial charge on any atom is 0.243 e. The summed E-state index contributed by atoms with van der Waals surface area (Å²) in [5.74, 6) is 1.75. The minimum Gasteiger partial charge on any atom is -0.385 e. The number of nitrogens with zero attached hydrogens (tertiary/aromatic N) is 2. The number of carbonyl (C=O) groups is 1. The van der Waals surface area contributed by atoms with E-state index in [-0.39, 0.29) is 12.5 Å². The molecule has 7 heteroatoms. The fourth-order valence-electron chi connectivity index (χ4n) is 2.02. The quantitative estimate of drug-likeness (QED) is 0.352. The SMILES string of the molecule is COCCC1(CNC(=NCC(=O)N(C)C)NCCSC)CC1. The standard InChI is InChI=1S/C15H30N4O2S/c1-19(2)13(20)11-17-14(16-8-10-22-4)18-12-15(5-6-15)7-9-21-3/h5-12H2,1-4H3,(H2,16,17,18). The fourth-order valence-corrected chi connectivity index (χ4v) is 2.32. The first kappa shape index (κ1) is 19.1. The molecule has 1 fully saturated rings. The zero-order valence-corrected chi connectivity index (χ0v) is 15.1. The second-order valence-electron chi connectivity index (χ2n) is 5.97. The highest BCUT2D eigenvalue weighted by atomic mass is 32.2. The largest absolute Gasteiger partial charge is 0.385 e. The molecule has 0 aromatic carbocycles. The number of nitrogens with one attached hydrogen (secondary N) is 2. The molecule has 0 radical (unpaired) electrons. The van der Waals surface area contributed by atoms with Crippen molar-refractivity contribution >= 4 is 23.6 Å². The molecule has 0 unspecified atom stereocenters. The number of carbonyl (C=O) groups excluding carboxylic acids is 1. The average Bonchev–Trinajstić information content (AvgIpc) is 3.27. The molecule has 0 bridgehead atoms. The van der Waals surface area contributed by atoms with Crippen molar-refractivity contribution in [3.05, 3.63) is 0 Å². The van der Waals surface area contributed by atoms with Gasteiger partial charge in [-0.25, -0.2) is 4.99 Å². The van der Waals surface area contributed by atoms with E-state index >= 15 is 0 Å². The number of hydrogen-bond donors (Lipinski definition) is 2. The van der Waals surface area contributed by atoms with Crippen molar-refractivity contribution in [1.29, 1.82) is 0 Å². The van der Waals surface area contributed by atoms with Gasteiger partial charge < -0.3 is 20.3 Å². The van der Waals surface area contributed by atoms with E-state index < -0.39 is 0 Å². The Balaban J connectivity index is 2.46. The van der Waals surface area contributed by atoms with Crippen LogP contribution in [-0.4, -0.2) is 76.2 Å². The van der Waals surface area contributed by atoms with Crippen molar-refractivity contribution in [1.82, 2.24) is 15.5 Å². The molecule has 0 atom stereocenters. The number of methoxy groups -OCH3 is 1. The van der Waals surface area contributed by atoms with Crippen molar-refractivity contribution in [3.8, 4) is 0 Å². The first-order valence-electron chi connectivity index (χ1n) is 7.73. The van der Waals surface area contributed by atoms with Crippen LogP contribution in [0.5, 0.6) is 0 Å². The van der Waals surface area contributed by atoms with Gasteiger partial charge in [0, 0.05) is 46.7 Å². The van der Waals surface area contributed by atoms with Gasteiger partial charge in [0.05, 0.1) is 0 Å². The Morgan fingerprint density at radius 2 is 2.09 bits per heavy atom. The lowest BCUT2D eigenvalue weighted by atomic mass is 10.0. The van der Waals surface area contributed by atoms with Gasteiger partial charge in [-0.3, -0.25) is 4.79 Å². The van der Waals surface area contributed by atoms with Crippen LogP contribution in [0.2, 0.25) is 0 Å². The van der Waals surface area contributed by atoms with Crippen LogP contribution in [0.3, 0.4) is 0 Å². The predicted molar refractivity (Wildman–Crippen MR) is 93.5 cm³/mol. The normalized spacial score (nSPS) is 16.3. The van der Waals surface area contributed by atoms with Gasteiger partial charge in [-0.15, -0.1) is 0 Å². The highest BCUT2D eigenvalue weighted by Gasteiger charge is 2.41.